The molecule has 0 aliphatic carbocycles. The van der Waals surface area contributed by atoms with Gasteiger partial charge in [0.25, 0.3) is 0 Å². The van der Waals surface area contributed by atoms with Gasteiger partial charge in [-0.25, -0.2) is 9.78 Å². The van der Waals surface area contributed by atoms with Crippen LogP contribution in [-0.2, 0) is 18.0 Å². The van der Waals surface area contributed by atoms with Gasteiger partial charge in [-0.1, -0.05) is 0 Å². The molecule has 0 saturated carbocycles. The number of carbonyl (C=O) groups is 1. The van der Waals surface area contributed by atoms with E-state index in [4.69, 9.17) is 10.5 Å². The minimum atomic E-state index is -4.56. The number of alkyl halides is 3. The summed E-state index contributed by atoms with van der Waals surface area (Å²) in [7, 11) is 1.33. The molecular formula is C18H24F3N5O2. The summed E-state index contributed by atoms with van der Waals surface area (Å²) in [5, 5.41) is 2.79. The first-order valence-electron chi connectivity index (χ1n) is 8.93. The van der Waals surface area contributed by atoms with E-state index in [1.165, 1.54) is 13.1 Å². The molecule has 1 aromatic carbocycles. The van der Waals surface area contributed by atoms with E-state index in [2.05, 4.69) is 10.3 Å². The Morgan fingerprint density at radius 1 is 1.32 bits per heavy atom. The molecule has 3 rings (SSSR count). The van der Waals surface area contributed by atoms with Crippen molar-refractivity contribution >= 4 is 28.5 Å². The normalized spacial score (nSPS) is 18.0. The predicted octanol–water partition coefficient (Wildman–Crippen LogP) is 3.28. The number of rotatable bonds is 2. The fourth-order valence-electron chi connectivity index (χ4n) is 3.40. The van der Waals surface area contributed by atoms with Gasteiger partial charge in [0.05, 0.1) is 22.9 Å². The average Bonchev–Trinajstić information content (AvgIpc) is 3.09. The Hall–Kier alpha value is -2.65. The Morgan fingerprint density at radius 3 is 2.61 bits per heavy atom. The number of benzene rings is 1. The van der Waals surface area contributed by atoms with Crippen LogP contribution in [0.15, 0.2) is 12.1 Å². The number of ether oxygens (including phenoxy) is 1. The van der Waals surface area contributed by atoms with Crippen LogP contribution in [0.2, 0.25) is 0 Å². The number of anilines is 2. The molecule has 2 heterocycles. The number of halogens is 3. The van der Waals surface area contributed by atoms with Crippen molar-refractivity contribution in [1.29, 1.82) is 0 Å². The van der Waals surface area contributed by atoms with Gasteiger partial charge in [-0.05, 0) is 39.3 Å². The van der Waals surface area contributed by atoms with Gasteiger partial charge >= 0.3 is 12.3 Å². The molecule has 28 heavy (non-hydrogen) atoms. The highest BCUT2D eigenvalue weighted by Gasteiger charge is 2.38. The van der Waals surface area contributed by atoms with Crippen LogP contribution in [0.5, 0.6) is 0 Å². The third kappa shape index (κ3) is 3.95. The van der Waals surface area contributed by atoms with Gasteiger partial charge < -0.3 is 25.3 Å². The lowest BCUT2D eigenvalue weighted by Crippen LogP contribution is -2.40. The highest BCUT2D eigenvalue weighted by Crippen LogP contribution is 2.38. The van der Waals surface area contributed by atoms with Crippen LogP contribution in [0.25, 0.3) is 11.0 Å². The number of nitrogens with one attached hydrogen (secondary N) is 1. The minimum absolute atomic E-state index is 0.199. The van der Waals surface area contributed by atoms with Crippen molar-refractivity contribution in [2.24, 2.45) is 7.05 Å². The van der Waals surface area contributed by atoms with Crippen molar-refractivity contribution in [3.8, 4) is 0 Å². The summed E-state index contributed by atoms with van der Waals surface area (Å²) in [4.78, 5) is 17.7. The first-order valence-corrected chi connectivity index (χ1v) is 8.93. The Balaban J connectivity index is 1.86. The smallest absolute Gasteiger partial charge is 0.444 e. The molecule has 10 heteroatoms. The molecule has 154 valence electrons. The predicted molar refractivity (Wildman–Crippen MR) is 100 cm³/mol. The maximum Gasteiger partial charge on any atom is 0.449 e. The van der Waals surface area contributed by atoms with Gasteiger partial charge in [0.2, 0.25) is 5.82 Å². The molecule has 1 fully saturated rings. The molecule has 1 saturated heterocycles. The molecule has 7 nitrogen and oxygen atoms in total. The van der Waals surface area contributed by atoms with Crippen molar-refractivity contribution in [3.63, 3.8) is 0 Å². The number of carbonyl (C=O) groups excluding carboxylic acids is 1. The summed E-state index contributed by atoms with van der Waals surface area (Å²) >= 11 is 0. The van der Waals surface area contributed by atoms with Crippen LogP contribution < -0.4 is 16.0 Å². The maximum absolute atomic E-state index is 13.2. The molecule has 0 unspecified atom stereocenters. The molecule has 1 amide bonds. The quantitative estimate of drug-likeness (QED) is 0.757. The second kappa shape index (κ2) is 6.75. The Kier molecular flexibility index (Phi) is 4.84. The van der Waals surface area contributed by atoms with Crippen molar-refractivity contribution < 1.29 is 22.7 Å². The summed E-state index contributed by atoms with van der Waals surface area (Å²) in [6.45, 7) is 6.25. The minimum Gasteiger partial charge on any atom is -0.444 e. The molecule has 1 aliphatic heterocycles. The second-order valence-corrected chi connectivity index (χ2v) is 7.94. The van der Waals surface area contributed by atoms with E-state index in [1.54, 1.807) is 26.8 Å². The molecule has 0 spiro atoms. The van der Waals surface area contributed by atoms with Crippen molar-refractivity contribution in [1.82, 2.24) is 14.9 Å². The number of nitrogens with zero attached hydrogens (tertiary/aromatic N) is 3. The molecule has 1 aromatic heterocycles. The maximum atomic E-state index is 13.2. The summed E-state index contributed by atoms with van der Waals surface area (Å²) in [6.07, 6.45) is -4.47. The number of aromatic nitrogens is 2. The fraction of sp³-hybridized carbons (Fsp3) is 0.556. The molecule has 0 radical (unpaired) electrons. The highest BCUT2D eigenvalue weighted by atomic mass is 19.4. The van der Waals surface area contributed by atoms with Crippen LogP contribution >= 0.6 is 0 Å². The first kappa shape index (κ1) is 20.1. The zero-order valence-electron chi connectivity index (χ0n) is 16.2. The van der Waals surface area contributed by atoms with Crippen LogP contribution in [0.3, 0.4) is 0 Å². The number of amides is 1. The number of nitrogen functional groups attached to an aromatic ring is 1. The Labute approximate surface area is 160 Å². The highest BCUT2D eigenvalue weighted by molar-refractivity contribution is 5.96. The summed E-state index contributed by atoms with van der Waals surface area (Å²) in [5.41, 5.74) is 6.82. The lowest BCUT2D eigenvalue weighted by molar-refractivity contribution is -0.146. The second-order valence-electron chi connectivity index (χ2n) is 7.94. The molecular weight excluding hydrogens is 375 g/mol. The van der Waals surface area contributed by atoms with Gasteiger partial charge in [-0.2, -0.15) is 13.2 Å². The van der Waals surface area contributed by atoms with E-state index in [1.807, 2.05) is 4.90 Å². The van der Waals surface area contributed by atoms with Gasteiger partial charge in [0.1, 0.15) is 11.1 Å². The number of imidazole rings is 1. The number of aryl methyl sites for hydroxylation is 1. The zero-order chi connectivity index (χ0) is 20.9. The van der Waals surface area contributed by atoms with E-state index in [0.29, 0.717) is 36.4 Å². The summed E-state index contributed by atoms with van der Waals surface area (Å²) in [6, 6.07) is 2.91. The summed E-state index contributed by atoms with van der Waals surface area (Å²) in [5.74, 6) is -0.975. The summed E-state index contributed by atoms with van der Waals surface area (Å²) < 4.78 is 46.0. The third-order valence-corrected chi connectivity index (χ3v) is 4.54. The van der Waals surface area contributed by atoms with Gasteiger partial charge in [0.15, 0.2) is 0 Å². The third-order valence-electron chi connectivity index (χ3n) is 4.54. The lowest BCUT2D eigenvalue weighted by Gasteiger charge is -2.23. The lowest BCUT2D eigenvalue weighted by atomic mass is 10.2. The van der Waals surface area contributed by atoms with Crippen LogP contribution in [0.1, 0.15) is 33.0 Å². The molecule has 1 atom stereocenters. The topological polar surface area (TPSA) is 85.4 Å². The van der Waals surface area contributed by atoms with E-state index < -0.39 is 23.7 Å². The van der Waals surface area contributed by atoms with Crippen LogP contribution in [0, 0.1) is 0 Å². The number of hydrogen-bond acceptors (Lipinski definition) is 5. The average molecular weight is 399 g/mol. The number of alkyl carbamates (subject to hydrolysis) is 1. The van der Waals surface area contributed by atoms with Crippen LogP contribution in [-0.4, -0.2) is 40.4 Å². The number of nitrogens with two attached hydrogens (primary N) is 1. The van der Waals surface area contributed by atoms with Gasteiger partial charge in [0, 0.05) is 20.1 Å². The first-order chi connectivity index (χ1) is 12.9. The monoisotopic (exact) mass is 399 g/mol. The Bertz CT molecular complexity index is 901. The molecule has 3 N–H and O–H groups in total. The zero-order valence-corrected chi connectivity index (χ0v) is 16.2. The van der Waals surface area contributed by atoms with E-state index in [9.17, 15) is 18.0 Å². The van der Waals surface area contributed by atoms with Gasteiger partial charge in [-0.3, -0.25) is 0 Å². The largest absolute Gasteiger partial charge is 0.449 e. The van der Waals surface area contributed by atoms with E-state index in [-0.39, 0.29) is 11.6 Å². The van der Waals surface area contributed by atoms with E-state index >= 15 is 0 Å². The molecule has 0 bridgehead atoms. The number of hydrogen-bond donors (Lipinski definition) is 2. The fourth-order valence-corrected chi connectivity index (χ4v) is 3.40. The molecule has 1 aliphatic rings. The Morgan fingerprint density at radius 2 is 2.00 bits per heavy atom. The van der Waals surface area contributed by atoms with Gasteiger partial charge in [-0.15, -0.1) is 0 Å². The number of fused-ring (bicyclic) bond motifs is 1. The van der Waals surface area contributed by atoms with Crippen molar-refractivity contribution in [3.05, 3.63) is 18.0 Å². The van der Waals surface area contributed by atoms with Crippen molar-refractivity contribution in [2.75, 3.05) is 23.7 Å². The standard InChI is InChI=1S/C18H24F3N5O2/c1-17(2,3)28-16(27)23-10-7-8-26(9-10)14-11(22)5-6-12-13(14)24-15(25(12)4)18(19,20)21/h5-6,10H,7-9,22H2,1-4H3,(H,23,27)/t10-/m0/s1. The van der Waals surface area contributed by atoms with E-state index in [0.717, 1.165) is 4.57 Å². The molecule has 2 aromatic rings. The van der Waals surface area contributed by atoms with Crippen molar-refractivity contribution in [2.45, 2.75) is 45.0 Å². The SMILES string of the molecule is Cn1c(C(F)(F)F)nc2c(N3CC[C@H](NC(=O)OC(C)(C)C)C3)c(N)ccc21. The van der Waals surface area contributed by atoms with Crippen LogP contribution in [0.4, 0.5) is 29.3 Å².